The number of hydrogen-bond acceptors (Lipinski definition) is 5. The lowest BCUT2D eigenvalue weighted by molar-refractivity contribution is -0.150. The molecule has 0 unspecified atom stereocenters. The van der Waals surface area contributed by atoms with Crippen molar-refractivity contribution in [3.63, 3.8) is 0 Å². The maximum atomic E-state index is 12.4. The van der Waals surface area contributed by atoms with E-state index in [4.69, 9.17) is 9.47 Å². The molecule has 3 aliphatic rings. The Morgan fingerprint density at radius 1 is 1.07 bits per heavy atom. The van der Waals surface area contributed by atoms with E-state index < -0.39 is 0 Å². The number of carbonyl (C=O) groups is 1. The van der Waals surface area contributed by atoms with Gasteiger partial charge in [-0.05, 0) is 43.5 Å². The van der Waals surface area contributed by atoms with Crippen LogP contribution in [-0.2, 0) is 9.53 Å². The van der Waals surface area contributed by atoms with E-state index in [0.29, 0.717) is 0 Å². The fraction of sp³-hybridized carbons (Fsp3) is 0.682. The molecule has 0 aromatic heterocycles. The fourth-order valence-electron chi connectivity index (χ4n) is 4.98. The molecule has 4 rings (SSSR count). The first-order valence-electron chi connectivity index (χ1n) is 10.5. The maximum Gasteiger partial charge on any atom is 0.312 e. The van der Waals surface area contributed by atoms with Gasteiger partial charge in [-0.2, -0.15) is 0 Å². The van der Waals surface area contributed by atoms with Gasteiger partial charge in [0.1, 0.15) is 11.9 Å². The molecule has 1 aromatic carbocycles. The van der Waals surface area contributed by atoms with Gasteiger partial charge in [0.05, 0.1) is 12.5 Å². The van der Waals surface area contributed by atoms with Gasteiger partial charge < -0.3 is 14.4 Å². The number of anilines is 1. The van der Waals surface area contributed by atoms with Crippen molar-refractivity contribution >= 4 is 11.7 Å². The highest BCUT2D eigenvalue weighted by Gasteiger charge is 2.48. The van der Waals surface area contributed by atoms with Gasteiger partial charge in [-0.3, -0.25) is 9.69 Å². The lowest BCUT2D eigenvalue weighted by Crippen LogP contribution is -2.47. The van der Waals surface area contributed by atoms with Crippen LogP contribution in [0.5, 0.6) is 5.75 Å². The summed E-state index contributed by atoms with van der Waals surface area (Å²) < 4.78 is 11.0. The number of esters is 1. The second kappa shape index (κ2) is 8.09. The largest absolute Gasteiger partial charge is 0.497 e. The average Bonchev–Trinajstić information content (AvgIpc) is 3.02. The Balaban J connectivity index is 1.22. The van der Waals surface area contributed by atoms with Gasteiger partial charge in [0.25, 0.3) is 0 Å². The third kappa shape index (κ3) is 4.08. The van der Waals surface area contributed by atoms with Crippen LogP contribution in [0.2, 0.25) is 0 Å². The van der Waals surface area contributed by atoms with E-state index >= 15 is 0 Å². The zero-order chi connectivity index (χ0) is 18.7. The van der Waals surface area contributed by atoms with Crippen LogP contribution in [0.4, 0.5) is 5.69 Å². The predicted molar refractivity (Wildman–Crippen MR) is 106 cm³/mol. The van der Waals surface area contributed by atoms with Gasteiger partial charge >= 0.3 is 5.97 Å². The molecule has 1 aliphatic carbocycles. The monoisotopic (exact) mass is 372 g/mol. The van der Waals surface area contributed by atoms with E-state index in [1.807, 2.05) is 12.1 Å². The Bertz CT molecular complexity index is 631. The molecule has 0 bridgehead atoms. The van der Waals surface area contributed by atoms with Gasteiger partial charge in [-0.1, -0.05) is 19.3 Å². The van der Waals surface area contributed by atoms with E-state index in [2.05, 4.69) is 21.9 Å². The molecule has 148 valence electrons. The Morgan fingerprint density at radius 2 is 1.78 bits per heavy atom. The Morgan fingerprint density at radius 3 is 2.44 bits per heavy atom. The van der Waals surface area contributed by atoms with Gasteiger partial charge in [0.15, 0.2) is 0 Å². The summed E-state index contributed by atoms with van der Waals surface area (Å²) in [6, 6.07) is 8.32. The third-order valence-corrected chi connectivity index (χ3v) is 6.71. The minimum Gasteiger partial charge on any atom is -0.497 e. The molecule has 1 atom stereocenters. The van der Waals surface area contributed by atoms with Crippen molar-refractivity contribution in [2.45, 2.75) is 51.0 Å². The van der Waals surface area contributed by atoms with Crippen molar-refractivity contribution in [3.8, 4) is 5.75 Å². The molecule has 2 saturated heterocycles. The smallest absolute Gasteiger partial charge is 0.312 e. The van der Waals surface area contributed by atoms with Crippen LogP contribution in [0, 0.1) is 5.41 Å². The molecule has 0 N–H and O–H groups in total. The third-order valence-electron chi connectivity index (χ3n) is 6.71. The van der Waals surface area contributed by atoms with E-state index in [1.165, 1.54) is 24.9 Å². The van der Waals surface area contributed by atoms with Crippen LogP contribution >= 0.6 is 0 Å². The fourth-order valence-corrected chi connectivity index (χ4v) is 4.98. The molecule has 1 spiro atoms. The SMILES string of the molecule is COc1ccc(N2CCN(CC[C@@H]3CC4(CCCCC4)C(=O)O3)CC2)cc1. The number of carbonyl (C=O) groups excluding carboxylic acids is 1. The van der Waals surface area contributed by atoms with Crippen molar-refractivity contribution in [1.29, 1.82) is 0 Å². The molecule has 3 fully saturated rings. The normalized spacial score (nSPS) is 25.6. The number of nitrogens with zero attached hydrogens (tertiary/aromatic N) is 2. The van der Waals surface area contributed by atoms with E-state index in [0.717, 1.165) is 64.2 Å². The molecule has 0 amide bonds. The van der Waals surface area contributed by atoms with Gasteiger partial charge in [0, 0.05) is 44.8 Å². The number of rotatable bonds is 5. The number of hydrogen-bond donors (Lipinski definition) is 0. The Kier molecular flexibility index (Phi) is 5.58. The highest BCUT2D eigenvalue weighted by atomic mass is 16.6. The summed E-state index contributed by atoms with van der Waals surface area (Å²) in [6.45, 7) is 5.25. The molecule has 2 aliphatic heterocycles. The van der Waals surface area contributed by atoms with Gasteiger partial charge in [0.2, 0.25) is 0 Å². The maximum absolute atomic E-state index is 12.4. The summed E-state index contributed by atoms with van der Waals surface area (Å²) in [4.78, 5) is 17.4. The summed E-state index contributed by atoms with van der Waals surface area (Å²) >= 11 is 0. The summed E-state index contributed by atoms with van der Waals surface area (Å²) in [5, 5.41) is 0. The lowest BCUT2D eigenvalue weighted by atomic mass is 9.72. The molecular formula is C22H32N2O3. The van der Waals surface area contributed by atoms with Crippen molar-refractivity contribution < 1.29 is 14.3 Å². The molecule has 27 heavy (non-hydrogen) atoms. The van der Waals surface area contributed by atoms with Crippen molar-refractivity contribution in [3.05, 3.63) is 24.3 Å². The van der Waals surface area contributed by atoms with Gasteiger partial charge in [-0.25, -0.2) is 0 Å². The Hall–Kier alpha value is -1.75. The topological polar surface area (TPSA) is 42.0 Å². The molecule has 0 radical (unpaired) electrons. The number of cyclic esters (lactones) is 1. The summed E-state index contributed by atoms with van der Waals surface area (Å²) in [6.07, 6.45) is 7.82. The summed E-state index contributed by atoms with van der Waals surface area (Å²) in [7, 11) is 1.70. The predicted octanol–water partition coefficient (Wildman–Crippen LogP) is 3.47. The number of methoxy groups -OCH3 is 1. The average molecular weight is 373 g/mol. The van der Waals surface area contributed by atoms with Crippen LogP contribution in [0.3, 0.4) is 0 Å². The quantitative estimate of drug-likeness (QED) is 0.741. The lowest BCUT2D eigenvalue weighted by Gasteiger charge is -2.36. The second-order valence-electron chi connectivity index (χ2n) is 8.39. The Labute approximate surface area is 162 Å². The highest BCUT2D eigenvalue weighted by Crippen LogP contribution is 2.46. The van der Waals surface area contributed by atoms with Crippen LogP contribution in [0.15, 0.2) is 24.3 Å². The molecule has 1 saturated carbocycles. The van der Waals surface area contributed by atoms with Crippen LogP contribution < -0.4 is 9.64 Å². The first-order valence-corrected chi connectivity index (χ1v) is 10.5. The van der Waals surface area contributed by atoms with Gasteiger partial charge in [-0.15, -0.1) is 0 Å². The summed E-state index contributed by atoms with van der Waals surface area (Å²) in [5.74, 6) is 0.996. The van der Waals surface area contributed by atoms with Crippen molar-refractivity contribution in [1.82, 2.24) is 4.90 Å². The second-order valence-corrected chi connectivity index (χ2v) is 8.39. The zero-order valence-electron chi connectivity index (χ0n) is 16.5. The molecule has 5 heteroatoms. The molecule has 1 aromatic rings. The van der Waals surface area contributed by atoms with Crippen molar-refractivity contribution in [2.75, 3.05) is 44.7 Å². The first-order chi connectivity index (χ1) is 13.2. The highest BCUT2D eigenvalue weighted by molar-refractivity contribution is 5.79. The standard InChI is InChI=1S/C22H32N2O3/c1-26-19-7-5-18(6-8-19)24-15-13-23(14-16-24)12-9-20-17-22(21(25)27-20)10-3-2-4-11-22/h5-8,20H,2-4,9-17H2,1H3/t20-/m1/s1. The number of benzene rings is 1. The summed E-state index contributed by atoms with van der Waals surface area (Å²) in [5.41, 5.74) is 1.13. The molecule has 2 heterocycles. The minimum atomic E-state index is -0.129. The van der Waals surface area contributed by atoms with Crippen LogP contribution in [0.25, 0.3) is 0 Å². The van der Waals surface area contributed by atoms with Crippen molar-refractivity contribution in [2.24, 2.45) is 5.41 Å². The first kappa shape index (κ1) is 18.6. The van der Waals surface area contributed by atoms with E-state index in [9.17, 15) is 4.79 Å². The molecule has 5 nitrogen and oxygen atoms in total. The van der Waals surface area contributed by atoms with E-state index in [-0.39, 0.29) is 17.5 Å². The van der Waals surface area contributed by atoms with Crippen LogP contribution in [-0.4, -0.2) is 56.8 Å². The van der Waals surface area contributed by atoms with E-state index in [1.54, 1.807) is 7.11 Å². The van der Waals surface area contributed by atoms with Crippen LogP contribution in [0.1, 0.15) is 44.9 Å². The number of ether oxygens (including phenoxy) is 2. The number of piperazine rings is 1. The molecular weight excluding hydrogens is 340 g/mol. The minimum absolute atomic E-state index is 0.0940. The zero-order valence-corrected chi connectivity index (χ0v) is 16.5.